The zero-order valence-corrected chi connectivity index (χ0v) is 9.12. The van der Waals surface area contributed by atoms with Crippen LogP contribution in [0.1, 0.15) is 26.2 Å². The van der Waals surface area contributed by atoms with Gasteiger partial charge in [-0.25, -0.2) is 0 Å². The van der Waals surface area contributed by atoms with E-state index in [9.17, 15) is 4.79 Å². The van der Waals surface area contributed by atoms with Crippen molar-refractivity contribution in [3.05, 3.63) is 0 Å². The van der Waals surface area contributed by atoms with Crippen molar-refractivity contribution in [2.45, 2.75) is 38.3 Å². The van der Waals surface area contributed by atoms with Crippen LogP contribution in [0, 0.1) is 0 Å². The minimum absolute atomic E-state index is 0.168. The summed E-state index contributed by atoms with van der Waals surface area (Å²) >= 11 is 0. The van der Waals surface area contributed by atoms with Crippen LogP contribution in [0.2, 0.25) is 0 Å². The summed E-state index contributed by atoms with van der Waals surface area (Å²) in [6, 6.07) is 0.356. The van der Waals surface area contributed by atoms with Gasteiger partial charge >= 0.3 is 0 Å². The third-order valence-electron chi connectivity index (χ3n) is 2.99. The summed E-state index contributed by atoms with van der Waals surface area (Å²) < 4.78 is 0. The van der Waals surface area contributed by atoms with Crippen molar-refractivity contribution < 1.29 is 4.79 Å². The van der Waals surface area contributed by atoms with Gasteiger partial charge in [-0.05, 0) is 33.4 Å². The van der Waals surface area contributed by atoms with Gasteiger partial charge in [0.05, 0.1) is 6.04 Å². The van der Waals surface area contributed by atoms with E-state index in [0.717, 1.165) is 13.1 Å². The Balaban J connectivity index is 2.31. The number of nitrogens with two attached hydrogens (primary N) is 1. The molecule has 0 aliphatic carbocycles. The topological polar surface area (TPSA) is 58.4 Å². The molecular weight excluding hydrogens is 178 g/mol. The average Bonchev–Trinajstić information content (AvgIpc) is 2.18. The molecule has 1 amide bonds. The molecule has 3 N–H and O–H groups in total. The highest BCUT2D eigenvalue weighted by molar-refractivity contribution is 5.79. The smallest absolute Gasteiger partial charge is 0.234 e. The van der Waals surface area contributed by atoms with Gasteiger partial charge in [0.1, 0.15) is 0 Å². The van der Waals surface area contributed by atoms with Crippen LogP contribution in [0.3, 0.4) is 0 Å². The molecule has 2 unspecified atom stereocenters. The number of hydrogen-bond acceptors (Lipinski definition) is 3. The number of carbonyl (C=O) groups is 1. The molecule has 0 spiro atoms. The lowest BCUT2D eigenvalue weighted by molar-refractivity contribution is -0.122. The second-order valence-electron chi connectivity index (χ2n) is 4.16. The van der Waals surface area contributed by atoms with E-state index in [2.05, 4.69) is 5.32 Å². The maximum Gasteiger partial charge on any atom is 0.234 e. The molecule has 2 atom stereocenters. The standard InChI is InChI=1S/C10H21N3O/c1-8(10(11)14)13(2)7-9-5-3-4-6-12-9/h8-9,12H,3-7H2,1-2H3,(H2,11,14). The molecule has 1 heterocycles. The fourth-order valence-electron chi connectivity index (χ4n) is 1.80. The predicted octanol–water partition coefficient (Wildman–Crippen LogP) is -0.0659. The lowest BCUT2D eigenvalue weighted by atomic mass is 10.0. The van der Waals surface area contributed by atoms with E-state index in [-0.39, 0.29) is 11.9 Å². The molecule has 0 saturated carbocycles. The number of piperidine rings is 1. The third kappa shape index (κ3) is 3.27. The zero-order chi connectivity index (χ0) is 10.6. The Morgan fingerprint density at radius 3 is 2.86 bits per heavy atom. The molecule has 0 aromatic heterocycles. The third-order valence-corrected chi connectivity index (χ3v) is 2.99. The van der Waals surface area contributed by atoms with E-state index in [4.69, 9.17) is 5.73 Å². The molecule has 14 heavy (non-hydrogen) atoms. The van der Waals surface area contributed by atoms with Crippen LogP contribution in [-0.2, 0) is 4.79 Å². The zero-order valence-electron chi connectivity index (χ0n) is 9.12. The van der Waals surface area contributed by atoms with Crippen molar-refractivity contribution in [3.63, 3.8) is 0 Å². The minimum atomic E-state index is -0.247. The highest BCUT2D eigenvalue weighted by Crippen LogP contribution is 2.08. The molecule has 1 aliphatic heterocycles. The van der Waals surface area contributed by atoms with Crippen molar-refractivity contribution in [2.24, 2.45) is 5.73 Å². The van der Waals surface area contributed by atoms with Crippen LogP contribution in [0.4, 0.5) is 0 Å². The van der Waals surface area contributed by atoms with Crippen LogP contribution in [0.25, 0.3) is 0 Å². The molecule has 4 nitrogen and oxygen atoms in total. The van der Waals surface area contributed by atoms with Gasteiger partial charge in [0.2, 0.25) is 5.91 Å². The van der Waals surface area contributed by atoms with E-state index >= 15 is 0 Å². The highest BCUT2D eigenvalue weighted by atomic mass is 16.1. The monoisotopic (exact) mass is 199 g/mol. The fraction of sp³-hybridized carbons (Fsp3) is 0.900. The summed E-state index contributed by atoms with van der Waals surface area (Å²) in [5, 5.41) is 3.45. The molecule has 82 valence electrons. The van der Waals surface area contributed by atoms with Crippen LogP contribution in [-0.4, -0.2) is 43.0 Å². The maximum atomic E-state index is 10.9. The second-order valence-corrected chi connectivity index (χ2v) is 4.16. The Bertz CT molecular complexity index is 190. The van der Waals surface area contributed by atoms with E-state index in [1.54, 1.807) is 0 Å². The number of nitrogens with one attached hydrogen (secondary N) is 1. The summed E-state index contributed by atoms with van der Waals surface area (Å²) in [6.07, 6.45) is 3.76. The highest BCUT2D eigenvalue weighted by Gasteiger charge is 2.19. The van der Waals surface area contributed by atoms with E-state index in [1.807, 2.05) is 18.9 Å². The first-order chi connectivity index (χ1) is 6.61. The van der Waals surface area contributed by atoms with Gasteiger partial charge in [-0.3, -0.25) is 9.69 Å². The van der Waals surface area contributed by atoms with E-state index in [1.165, 1.54) is 19.3 Å². The van der Waals surface area contributed by atoms with Gasteiger partial charge in [0, 0.05) is 12.6 Å². The Morgan fingerprint density at radius 1 is 1.64 bits per heavy atom. The molecular formula is C10H21N3O. The van der Waals surface area contributed by atoms with Crippen LogP contribution < -0.4 is 11.1 Å². The Labute approximate surface area is 85.8 Å². The molecule has 1 saturated heterocycles. The van der Waals surface area contributed by atoms with Gasteiger partial charge in [-0.15, -0.1) is 0 Å². The van der Waals surface area contributed by atoms with Gasteiger partial charge in [0.15, 0.2) is 0 Å². The lowest BCUT2D eigenvalue weighted by Gasteiger charge is -2.30. The first-order valence-electron chi connectivity index (χ1n) is 5.34. The largest absolute Gasteiger partial charge is 0.368 e. The number of amides is 1. The molecule has 0 aromatic rings. The van der Waals surface area contributed by atoms with Crippen molar-refractivity contribution in [1.29, 1.82) is 0 Å². The number of likely N-dealkylation sites (N-methyl/N-ethyl adjacent to an activating group) is 1. The van der Waals surface area contributed by atoms with Gasteiger partial charge in [-0.1, -0.05) is 6.42 Å². The SMILES string of the molecule is CC(C(N)=O)N(C)CC1CCCCN1. The number of primary amides is 1. The number of hydrogen-bond donors (Lipinski definition) is 2. The second kappa shape index (κ2) is 5.32. The fourth-order valence-corrected chi connectivity index (χ4v) is 1.80. The Kier molecular flexibility index (Phi) is 4.35. The summed E-state index contributed by atoms with van der Waals surface area (Å²) in [5.74, 6) is -0.247. The number of rotatable bonds is 4. The quantitative estimate of drug-likeness (QED) is 0.666. The first-order valence-corrected chi connectivity index (χ1v) is 5.34. The Hall–Kier alpha value is -0.610. The van der Waals surface area contributed by atoms with Crippen LogP contribution in [0.5, 0.6) is 0 Å². The number of nitrogens with zero attached hydrogens (tertiary/aromatic N) is 1. The molecule has 0 bridgehead atoms. The van der Waals surface area contributed by atoms with E-state index < -0.39 is 0 Å². The normalized spacial score (nSPS) is 24.9. The van der Waals surface area contributed by atoms with Gasteiger partial charge < -0.3 is 11.1 Å². The van der Waals surface area contributed by atoms with Crippen LogP contribution >= 0.6 is 0 Å². The maximum absolute atomic E-state index is 10.9. The van der Waals surface area contributed by atoms with Crippen molar-refractivity contribution in [2.75, 3.05) is 20.1 Å². The minimum Gasteiger partial charge on any atom is -0.368 e. The first kappa shape index (κ1) is 11.5. The lowest BCUT2D eigenvalue weighted by Crippen LogP contribution is -2.48. The van der Waals surface area contributed by atoms with Gasteiger partial charge in [0.25, 0.3) is 0 Å². The Morgan fingerprint density at radius 2 is 2.36 bits per heavy atom. The summed E-state index contributed by atoms with van der Waals surface area (Å²) in [5.41, 5.74) is 5.24. The van der Waals surface area contributed by atoms with Crippen molar-refractivity contribution in [3.8, 4) is 0 Å². The molecule has 0 aromatic carbocycles. The molecule has 1 fully saturated rings. The van der Waals surface area contributed by atoms with Gasteiger partial charge in [-0.2, -0.15) is 0 Å². The molecule has 4 heteroatoms. The summed E-state index contributed by atoms with van der Waals surface area (Å²) in [4.78, 5) is 13.0. The summed E-state index contributed by atoms with van der Waals surface area (Å²) in [7, 11) is 1.95. The molecule has 0 radical (unpaired) electrons. The molecule has 1 aliphatic rings. The predicted molar refractivity (Wildman–Crippen MR) is 56.9 cm³/mol. The van der Waals surface area contributed by atoms with Crippen LogP contribution in [0.15, 0.2) is 0 Å². The van der Waals surface area contributed by atoms with Crippen molar-refractivity contribution >= 4 is 5.91 Å². The average molecular weight is 199 g/mol. The summed E-state index contributed by atoms with van der Waals surface area (Å²) in [6.45, 7) is 3.86. The molecule has 1 rings (SSSR count). The van der Waals surface area contributed by atoms with Crippen molar-refractivity contribution in [1.82, 2.24) is 10.2 Å². The van der Waals surface area contributed by atoms with E-state index in [0.29, 0.717) is 6.04 Å². The number of carbonyl (C=O) groups excluding carboxylic acids is 1.